The van der Waals surface area contributed by atoms with Crippen molar-refractivity contribution < 1.29 is 13.2 Å². The Labute approximate surface area is 162 Å². The third kappa shape index (κ3) is 5.65. The molecule has 1 amide bonds. The van der Waals surface area contributed by atoms with Crippen molar-refractivity contribution in [1.82, 2.24) is 9.21 Å². The molecule has 2 aromatic carbocycles. The molecular formula is C21H28N2O3S. The summed E-state index contributed by atoms with van der Waals surface area (Å²) in [6, 6.07) is 16.4. The van der Waals surface area contributed by atoms with E-state index in [-0.39, 0.29) is 23.9 Å². The SMILES string of the molecule is CCN(CC)C(=O)CN(CCc1ccccc1)S(=O)(=O)c1ccc(C)cc1. The Hall–Kier alpha value is -2.18. The summed E-state index contributed by atoms with van der Waals surface area (Å²) in [6.07, 6.45) is 0.553. The van der Waals surface area contributed by atoms with E-state index >= 15 is 0 Å². The molecule has 146 valence electrons. The van der Waals surface area contributed by atoms with Gasteiger partial charge in [0.25, 0.3) is 0 Å². The lowest BCUT2D eigenvalue weighted by molar-refractivity contribution is -0.131. The summed E-state index contributed by atoms with van der Waals surface area (Å²) >= 11 is 0. The first-order valence-electron chi connectivity index (χ1n) is 9.27. The normalized spacial score (nSPS) is 11.6. The fourth-order valence-corrected chi connectivity index (χ4v) is 4.26. The van der Waals surface area contributed by atoms with Crippen LogP contribution >= 0.6 is 0 Å². The summed E-state index contributed by atoms with van der Waals surface area (Å²) in [5, 5.41) is 0. The molecule has 27 heavy (non-hydrogen) atoms. The molecule has 0 bridgehead atoms. The second-order valence-corrected chi connectivity index (χ2v) is 8.39. The van der Waals surface area contributed by atoms with Crippen molar-refractivity contribution in [2.75, 3.05) is 26.2 Å². The Kier molecular flexibility index (Phi) is 7.56. The van der Waals surface area contributed by atoms with Crippen molar-refractivity contribution in [3.8, 4) is 0 Å². The lowest BCUT2D eigenvalue weighted by Crippen LogP contribution is -2.43. The van der Waals surface area contributed by atoms with Crippen molar-refractivity contribution in [2.24, 2.45) is 0 Å². The van der Waals surface area contributed by atoms with Gasteiger partial charge in [0, 0.05) is 19.6 Å². The zero-order valence-corrected chi connectivity index (χ0v) is 17.1. The molecule has 0 fully saturated rings. The summed E-state index contributed by atoms with van der Waals surface area (Å²) in [4.78, 5) is 14.4. The highest BCUT2D eigenvalue weighted by atomic mass is 32.2. The first-order valence-corrected chi connectivity index (χ1v) is 10.7. The lowest BCUT2D eigenvalue weighted by Gasteiger charge is -2.26. The number of nitrogens with zero attached hydrogens (tertiary/aromatic N) is 2. The summed E-state index contributed by atoms with van der Waals surface area (Å²) in [6.45, 7) is 6.93. The van der Waals surface area contributed by atoms with Gasteiger partial charge in [-0.1, -0.05) is 48.0 Å². The third-order valence-corrected chi connectivity index (χ3v) is 6.44. The van der Waals surface area contributed by atoms with E-state index < -0.39 is 10.0 Å². The minimum Gasteiger partial charge on any atom is -0.342 e. The van der Waals surface area contributed by atoms with Crippen LogP contribution in [0.15, 0.2) is 59.5 Å². The summed E-state index contributed by atoms with van der Waals surface area (Å²) in [7, 11) is -3.75. The van der Waals surface area contributed by atoms with Gasteiger partial charge in [-0.2, -0.15) is 4.31 Å². The molecule has 5 nitrogen and oxygen atoms in total. The predicted octanol–water partition coefficient (Wildman–Crippen LogP) is 3.10. The quantitative estimate of drug-likeness (QED) is 0.663. The molecular weight excluding hydrogens is 360 g/mol. The number of amides is 1. The van der Waals surface area contributed by atoms with Crippen molar-refractivity contribution in [1.29, 1.82) is 0 Å². The van der Waals surface area contributed by atoms with Crippen LogP contribution in [0.5, 0.6) is 0 Å². The van der Waals surface area contributed by atoms with Crippen LogP contribution < -0.4 is 0 Å². The lowest BCUT2D eigenvalue weighted by atomic mass is 10.1. The molecule has 0 N–H and O–H groups in total. The number of carbonyl (C=O) groups excluding carboxylic acids is 1. The zero-order valence-electron chi connectivity index (χ0n) is 16.3. The second kappa shape index (κ2) is 9.67. The maximum atomic E-state index is 13.2. The molecule has 0 aromatic heterocycles. The number of rotatable bonds is 9. The molecule has 0 heterocycles. The molecule has 0 unspecified atom stereocenters. The Bertz CT molecular complexity index is 829. The number of hydrogen-bond donors (Lipinski definition) is 0. The molecule has 0 aliphatic rings. The largest absolute Gasteiger partial charge is 0.342 e. The third-order valence-electron chi connectivity index (χ3n) is 4.58. The van der Waals surface area contributed by atoms with Gasteiger partial charge in [-0.25, -0.2) is 8.42 Å². The fraction of sp³-hybridized carbons (Fsp3) is 0.381. The minimum absolute atomic E-state index is 0.148. The minimum atomic E-state index is -3.75. The second-order valence-electron chi connectivity index (χ2n) is 6.45. The molecule has 0 saturated heterocycles. The van der Waals surface area contributed by atoms with Gasteiger partial charge in [0.05, 0.1) is 11.4 Å². The molecule has 0 spiro atoms. The maximum absolute atomic E-state index is 13.2. The highest BCUT2D eigenvalue weighted by Gasteiger charge is 2.27. The highest BCUT2D eigenvalue weighted by Crippen LogP contribution is 2.17. The molecule has 0 radical (unpaired) electrons. The van der Waals surface area contributed by atoms with Crippen LogP contribution in [-0.4, -0.2) is 49.7 Å². The van der Waals surface area contributed by atoms with E-state index in [9.17, 15) is 13.2 Å². The Morgan fingerprint density at radius 1 is 0.926 bits per heavy atom. The first kappa shape index (κ1) is 21.1. The van der Waals surface area contributed by atoms with E-state index in [0.29, 0.717) is 19.5 Å². The van der Waals surface area contributed by atoms with Gasteiger partial charge in [0.15, 0.2) is 0 Å². The van der Waals surface area contributed by atoms with Gasteiger partial charge in [-0.3, -0.25) is 4.79 Å². The van der Waals surface area contributed by atoms with Crippen LogP contribution in [0, 0.1) is 6.92 Å². The van der Waals surface area contributed by atoms with Gasteiger partial charge >= 0.3 is 0 Å². The Morgan fingerprint density at radius 2 is 1.52 bits per heavy atom. The molecule has 0 saturated carbocycles. The molecule has 0 aliphatic heterocycles. The van der Waals surface area contributed by atoms with Gasteiger partial charge in [0.1, 0.15) is 0 Å². The smallest absolute Gasteiger partial charge is 0.243 e. The fourth-order valence-electron chi connectivity index (χ4n) is 2.87. The monoisotopic (exact) mass is 388 g/mol. The molecule has 6 heteroatoms. The maximum Gasteiger partial charge on any atom is 0.243 e. The Morgan fingerprint density at radius 3 is 2.07 bits per heavy atom. The van der Waals surface area contributed by atoms with Gasteiger partial charge in [-0.05, 0) is 44.9 Å². The van der Waals surface area contributed by atoms with Crippen LogP contribution in [0.4, 0.5) is 0 Å². The Balaban J connectivity index is 2.27. The standard InChI is InChI=1S/C21H28N2O3S/c1-4-22(5-2)21(24)17-23(16-15-19-9-7-6-8-10-19)27(25,26)20-13-11-18(3)12-14-20/h6-14H,4-5,15-17H2,1-3H3. The predicted molar refractivity (Wildman–Crippen MR) is 108 cm³/mol. The average molecular weight is 389 g/mol. The van der Waals surface area contributed by atoms with Crippen LogP contribution in [0.3, 0.4) is 0 Å². The number of aryl methyl sites for hydroxylation is 1. The van der Waals surface area contributed by atoms with E-state index in [2.05, 4.69) is 0 Å². The summed E-state index contributed by atoms with van der Waals surface area (Å²) in [5.74, 6) is -0.177. The van der Waals surface area contributed by atoms with Crippen LogP contribution in [0.25, 0.3) is 0 Å². The zero-order chi connectivity index (χ0) is 19.9. The van der Waals surface area contributed by atoms with E-state index in [0.717, 1.165) is 11.1 Å². The van der Waals surface area contributed by atoms with Crippen molar-refractivity contribution in [3.05, 3.63) is 65.7 Å². The molecule has 0 atom stereocenters. The number of sulfonamides is 1. The highest BCUT2D eigenvalue weighted by molar-refractivity contribution is 7.89. The topological polar surface area (TPSA) is 57.7 Å². The molecule has 0 aliphatic carbocycles. The summed E-state index contributed by atoms with van der Waals surface area (Å²) < 4.78 is 27.6. The van der Waals surface area contributed by atoms with E-state index in [4.69, 9.17) is 0 Å². The van der Waals surface area contributed by atoms with Crippen molar-refractivity contribution in [2.45, 2.75) is 32.1 Å². The van der Waals surface area contributed by atoms with Crippen LogP contribution in [-0.2, 0) is 21.2 Å². The summed E-state index contributed by atoms with van der Waals surface area (Å²) in [5.41, 5.74) is 2.03. The van der Waals surface area contributed by atoms with Crippen LogP contribution in [0.1, 0.15) is 25.0 Å². The number of likely N-dealkylation sites (N-methyl/N-ethyl adjacent to an activating group) is 1. The van der Waals surface area contributed by atoms with Gasteiger partial charge < -0.3 is 4.90 Å². The van der Waals surface area contributed by atoms with E-state index in [1.54, 1.807) is 29.2 Å². The van der Waals surface area contributed by atoms with Crippen molar-refractivity contribution in [3.63, 3.8) is 0 Å². The molecule has 2 aromatic rings. The number of benzene rings is 2. The number of carbonyl (C=O) groups is 1. The first-order chi connectivity index (χ1) is 12.9. The van der Waals surface area contributed by atoms with Gasteiger partial charge in [0.2, 0.25) is 15.9 Å². The van der Waals surface area contributed by atoms with E-state index in [1.165, 1.54) is 4.31 Å². The molecule has 2 rings (SSSR count). The number of hydrogen-bond acceptors (Lipinski definition) is 3. The average Bonchev–Trinajstić information content (AvgIpc) is 2.67. The van der Waals surface area contributed by atoms with E-state index in [1.807, 2.05) is 51.1 Å². The van der Waals surface area contributed by atoms with Crippen molar-refractivity contribution >= 4 is 15.9 Å². The van der Waals surface area contributed by atoms with Gasteiger partial charge in [-0.15, -0.1) is 0 Å². The van der Waals surface area contributed by atoms with Crippen LogP contribution in [0.2, 0.25) is 0 Å².